The van der Waals surface area contributed by atoms with E-state index in [2.05, 4.69) is 17.3 Å². The van der Waals surface area contributed by atoms with Crippen LogP contribution in [0.2, 0.25) is 5.02 Å². The number of urea groups is 1. The van der Waals surface area contributed by atoms with E-state index in [0.29, 0.717) is 23.7 Å². The zero-order valence-electron chi connectivity index (χ0n) is 18.2. The predicted octanol–water partition coefficient (Wildman–Crippen LogP) is 5.08. The molecule has 1 N–H and O–H groups in total. The number of fused-ring (bicyclic) bond motifs is 1. The van der Waals surface area contributed by atoms with Crippen LogP contribution in [-0.4, -0.2) is 27.3 Å². The van der Waals surface area contributed by atoms with Gasteiger partial charge in [-0.3, -0.25) is 4.68 Å². The summed E-state index contributed by atoms with van der Waals surface area (Å²) in [6, 6.07) is 12.0. The number of nitrogens with zero attached hydrogens (tertiary/aromatic N) is 3. The number of halogens is 2. The molecule has 0 bridgehead atoms. The lowest BCUT2D eigenvalue weighted by molar-refractivity contribution is 0.103. The van der Waals surface area contributed by atoms with Gasteiger partial charge in [0.25, 0.3) is 0 Å². The molecule has 168 valence electrons. The van der Waals surface area contributed by atoms with Crippen LogP contribution in [-0.2, 0) is 44.4 Å². The van der Waals surface area contributed by atoms with Gasteiger partial charge in [-0.2, -0.15) is 5.10 Å². The number of carbonyl (C=O) groups excluding carboxylic acids is 1. The molecule has 0 atom stereocenters. The van der Waals surface area contributed by atoms with Crippen molar-refractivity contribution in [3.8, 4) is 0 Å². The third-order valence-corrected chi connectivity index (χ3v) is 6.12. The molecule has 0 saturated carbocycles. The molecule has 0 spiro atoms. The zero-order chi connectivity index (χ0) is 22.7. The molecule has 1 aliphatic heterocycles. The molecule has 3 aromatic rings. The minimum atomic E-state index is -0.377. The molecule has 0 unspecified atom stereocenters. The van der Waals surface area contributed by atoms with Crippen LogP contribution in [0.4, 0.5) is 14.9 Å². The molecular formula is C24H26ClFN4O2. The van der Waals surface area contributed by atoms with Gasteiger partial charge in [-0.1, -0.05) is 42.8 Å². The average Bonchev–Trinajstić information content (AvgIpc) is 3.10. The Morgan fingerprint density at radius 1 is 1.22 bits per heavy atom. The number of amides is 2. The number of nitrogens with one attached hydrogen (secondary N) is 1. The second-order valence-corrected chi connectivity index (χ2v) is 8.24. The van der Waals surface area contributed by atoms with Gasteiger partial charge in [-0.15, -0.1) is 0 Å². The van der Waals surface area contributed by atoms with Crippen LogP contribution in [0.1, 0.15) is 35.0 Å². The fourth-order valence-electron chi connectivity index (χ4n) is 4.00. The van der Waals surface area contributed by atoms with Gasteiger partial charge >= 0.3 is 6.03 Å². The molecule has 0 fully saturated rings. The van der Waals surface area contributed by atoms with E-state index < -0.39 is 0 Å². The number of rotatable bonds is 6. The summed E-state index contributed by atoms with van der Waals surface area (Å²) in [5.41, 5.74) is 5.59. The van der Waals surface area contributed by atoms with Crippen molar-refractivity contribution in [2.45, 2.75) is 39.5 Å². The van der Waals surface area contributed by atoms with Gasteiger partial charge in [-0.25, -0.2) is 9.18 Å². The highest BCUT2D eigenvalue weighted by Crippen LogP contribution is 2.25. The van der Waals surface area contributed by atoms with E-state index in [1.54, 1.807) is 11.0 Å². The lowest BCUT2D eigenvalue weighted by Crippen LogP contribution is -2.39. The van der Waals surface area contributed by atoms with Crippen molar-refractivity contribution in [3.05, 3.63) is 81.4 Å². The highest BCUT2D eigenvalue weighted by molar-refractivity contribution is 6.31. The molecule has 2 heterocycles. The number of aryl methyl sites for hydroxylation is 2. The first-order valence-electron chi connectivity index (χ1n) is 10.7. The van der Waals surface area contributed by atoms with Gasteiger partial charge in [-0.05, 0) is 35.7 Å². The summed E-state index contributed by atoms with van der Waals surface area (Å²) >= 11 is 6.08. The summed E-state index contributed by atoms with van der Waals surface area (Å²) in [6.07, 6.45) is 1.58. The van der Waals surface area contributed by atoms with Gasteiger partial charge in [0.2, 0.25) is 0 Å². The first-order valence-corrected chi connectivity index (χ1v) is 11.0. The first kappa shape index (κ1) is 22.3. The maximum atomic E-state index is 13.2. The molecule has 0 radical (unpaired) electrons. The van der Waals surface area contributed by atoms with Crippen molar-refractivity contribution in [2.75, 3.05) is 11.9 Å². The molecule has 32 heavy (non-hydrogen) atoms. The SMILES string of the molecule is CCc1ccccc1NC(=O)N1CCc2c(c(COCc3ccc(F)cc3Cl)nn2C)C1. The zero-order valence-corrected chi connectivity index (χ0v) is 19.0. The number of para-hydroxylation sites is 1. The predicted molar refractivity (Wildman–Crippen MR) is 122 cm³/mol. The van der Waals surface area contributed by atoms with Crippen LogP contribution in [0.15, 0.2) is 42.5 Å². The number of anilines is 1. The summed E-state index contributed by atoms with van der Waals surface area (Å²) in [6.45, 7) is 3.70. The average molecular weight is 457 g/mol. The number of hydrogen-bond donors (Lipinski definition) is 1. The lowest BCUT2D eigenvalue weighted by atomic mass is 10.1. The summed E-state index contributed by atoms with van der Waals surface area (Å²) in [4.78, 5) is 14.7. The van der Waals surface area contributed by atoms with Crippen molar-refractivity contribution >= 4 is 23.3 Å². The molecule has 0 aliphatic carbocycles. The van der Waals surface area contributed by atoms with Crippen LogP contribution in [0.25, 0.3) is 0 Å². The van der Waals surface area contributed by atoms with Crippen molar-refractivity contribution in [1.29, 1.82) is 0 Å². The van der Waals surface area contributed by atoms with Gasteiger partial charge in [0, 0.05) is 42.0 Å². The second-order valence-electron chi connectivity index (χ2n) is 7.84. The summed E-state index contributed by atoms with van der Waals surface area (Å²) in [7, 11) is 1.91. The maximum Gasteiger partial charge on any atom is 0.322 e. The molecule has 2 amide bonds. The Kier molecular flexibility index (Phi) is 6.77. The molecule has 8 heteroatoms. The summed E-state index contributed by atoms with van der Waals surface area (Å²) in [5, 5.41) is 7.99. The molecule has 2 aromatic carbocycles. The van der Waals surface area contributed by atoms with Crippen LogP contribution in [0, 0.1) is 5.82 Å². The van der Waals surface area contributed by atoms with Crippen LogP contribution in [0.5, 0.6) is 0 Å². The largest absolute Gasteiger partial charge is 0.370 e. The fraction of sp³-hybridized carbons (Fsp3) is 0.333. The normalized spacial score (nSPS) is 13.2. The second kappa shape index (κ2) is 9.71. The molecule has 1 aliphatic rings. The maximum absolute atomic E-state index is 13.2. The number of carbonyl (C=O) groups is 1. The Bertz CT molecular complexity index is 1130. The van der Waals surface area contributed by atoms with E-state index in [0.717, 1.165) is 41.0 Å². The molecular weight excluding hydrogens is 431 g/mol. The Morgan fingerprint density at radius 3 is 2.81 bits per heavy atom. The summed E-state index contributed by atoms with van der Waals surface area (Å²) < 4.78 is 20.9. The first-order chi connectivity index (χ1) is 15.5. The van der Waals surface area contributed by atoms with Gasteiger partial charge in [0.1, 0.15) is 5.82 Å². The Hall–Kier alpha value is -2.90. The van der Waals surface area contributed by atoms with Crippen molar-refractivity contribution in [3.63, 3.8) is 0 Å². The van der Waals surface area contributed by atoms with Crippen LogP contribution >= 0.6 is 11.6 Å². The monoisotopic (exact) mass is 456 g/mol. The minimum absolute atomic E-state index is 0.120. The molecule has 6 nitrogen and oxygen atoms in total. The van der Waals surface area contributed by atoms with Crippen LogP contribution < -0.4 is 5.32 Å². The number of hydrogen-bond acceptors (Lipinski definition) is 3. The van der Waals surface area contributed by atoms with Crippen molar-refractivity contribution < 1.29 is 13.9 Å². The Morgan fingerprint density at radius 2 is 2.03 bits per heavy atom. The standard InChI is InChI=1S/C24H26ClFN4O2/c1-3-16-6-4-5-7-21(16)27-24(31)30-11-10-23-19(13-30)22(28-29(23)2)15-32-14-17-8-9-18(26)12-20(17)25/h4-9,12H,3,10-11,13-15H2,1-2H3,(H,27,31). The number of ether oxygens (including phenoxy) is 1. The van der Waals surface area contributed by atoms with Gasteiger partial charge in [0.15, 0.2) is 0 Å². The molecule has 0 saturated heterocycles. The van der Waals surface area contributed by atoms with E-state index in [1.165, 1.54) is 12.1 Å². The summed E-state index contributed by atoms with van der Waals surface area (Å²) in [5.74, 6) is -0.377. The van der Waals surface area contributed by atoms with Crippen LogP contribution in [0.3, 0.4) is 0 Å². The smallest absolute Gasteiger partial charge is 0.322 e. The number of aromatic nitrogens is 2. The Labute approximate surface area is 191 Å². The quantitative estimate of drug-likeness (QED) is 0.562. The third kappa shape index (κ3) is 4.79. The van der Waals surface area contributed by atoms with Gasteiger partial charge < -0.3 is 15.0 Å². The van der Waals surface area contributed by atoms with E-state index in [1.807, 2.05) is 36.0 Å². The number of benzene rings is 2. The Balaban J connectivity index is 1.43. The van der Waals surface area contributed by atoms with E-state index in [9.17, 15) is 9.18 Å². The van der Waals surface area contributed by atoms with E-state index in [4.69, 9.17) is 16.3 Å². The van der Waals surface area contributed by atoms with Gasteiger partial charge in [0.05, 0.1) is 25.5 Å². The molecule has 4 rings (SSSR count). The topological polar surface area (TPSA) is 59.4 Å². The molecule has 1 aromatic heterocycles. The highest BCUT2D eigenvalue weighted by atomic mass is 35.5. The lowest BCUT2D eigenvalue weighted by Gasteiger charge is -2.28. The van der Waals surface area contributed by atoms with Crippen molar-refractivity contribution in [2.24, 2.45) is 7.05 Å². The van der Waals surface area contributed by atoms with Crippen molar-refractivity contribution in [1.82, 2.24) is 14.7 Å². The van der Waals surface area contributed by atoms with E-state index in [-0.39, 0.29) is 25.1 Å². The fourth-order valence-corrected chi connectivity index (χ4v) is 4.22. The highest BCUT2D eigenvalue weighted by Gasteiger charge is 2.27. The third-order valence-electron chi connectivity index (χ3n) is 5.76. The van der Waals surface area contributed by atoms with E-state index >= 15 is 0 Å². The minimum Gasteiger partial charge on any atom is -0.370 e.